The van der Waals surface area contributed by atoms with E-state index in [1.54, 1.807) is 12.1 Å². The van der Waals surface area contributed by atoms with Crippen LogP contribution in [0.1, 0.15) is 25.7 Å². The fourth-order valence-electron chi connectivity index (χ4n) is 2.42. The number of benzene rings is 1. The number of nitrogens with one attached hydrogen (secondary N) is 1. The van der Waals surface area contributed by atoms with E-state index in [1.165, 1.54) is 6.07 Å². The smallest absolute Gasteiger partial charge is 0.240 e. The number of sulfonamides is 1. The van der Waals surface area contributed by atoms with Gasteiger partial charge in [-0.05, 0) is 71.6 Å². The molecular weight excluding hydrogens is 328 g/mol. The molecule has 0 aliphatic heterocycles. The van der Waals surface area contributed by atoms with Gasteiger partial charge in [-0.1, -0.05) is 0 Å². The highest BCUT2D eigenvalue weighted by molar-refractivity contribution is 9.10. The second kappa shape index (κ2) is 4.75. The van der Waals surface area contributed by atoms with Crippen LogP contribution < -0.4 is 10.5 Å². The topological polar surface area (TPSA) is 72.2 Å². The maximum absolute atomic E-state index is 12.4. The lowest BCUT2D eigenvalue weighted by Gasteiger charge is -2.18. The summed E-state index contributed by atoms with van der Waals surface area (Å²) in [6.45, 7) is 0. The normalized spacial score (nSPS) is 19.9. The second-order valence-corrected chi connectivity index (χ2v) is 8.07. The molecule has 2 aliphatic carbocycles. The Morgan fingerprint density at radius 1 is 1.21 bits per heavy atom. The molecule has 0 atom stereocenters. The predicted molar refractivity (Wildman–Crippen MR) is 78.1 cm³/mol. The summed E-state index contributed by atoms with van der Waals surface area (Å²) < 4.78 is 28.4. The summed E-state index contributed by atoms with van der Waals surface area (Å²) in [5.41, 5.74) is 6.20. The van der Waals surface area contributed by atoms with Crippen molar-refractivity contribution in [3.8, 4) is 0 Å². The van der Waals surface area contributed by atoms with Gasteiger partial charge in [0.05, 0.1) is 4.90 Å². The average Bonchev–Trinajstić information content (AvgIpc) is 3.23. The van der Waals surface area contributed by atoms with E-state index >= 15 is 0 Å². The highest BCUT2D eigenvalue weighted by Crippen LogP contribution is 2.45. The van der Waals surface area contributed by atoms with Gasteiger partial charge in [0.2, 0.25) is 10.0 Å². The van der Waals surface area contributed by atoms with E-state index in [1.807, 2.05) is 0 Å². The third kappa shape index (κ3) is 2.95. The lowest BCUT2D eigenvalue weighted by Crippen LogP contribution is -2.38. The van der Waals surface area contributed by atoms with Gasteiger partial charge in [0.25, 0.3) is 0 Å². The molecule has 0 saturated heterocycles. The first kappa shape index (κ1) is 13.4. The minimum Gasteiger partial charge on any atom is -0.398 e. The quantitative estimate of drug-likeness (QED) is 0.806. The summed E-state index contributed by atoms with van der Waals surface area (Å²) in [4.78, 5) is 0.250. The van der Waals surface area contributed by atoms with Gasteiger partial charge < -0.3 is 5.73 Å². The summed E-state index contributed by atoms with van der Waals surface area (Å²) in [7, 11) is -3.46. The number of nitrogens with two attached hydrogens (primary N) is 1. The van der Waals surface area contributed by atoms with Crippen molar-refractivity contribution in [3.05, 3.63) is 22.7 Å². The summed E-state index contributed by atoms with van der Waals surface area (Å²) in [6, 6.07) is 4.88. The molecule has 0 bridgehead atoms. The molecule has 3 N–H and O–H groups in total. The van der Waals surface area contributed by atoms with Crippen LogP contribution in [-0.2, 0) is 10.0 Å². The number of halogens is 1. The zero-order chi connectivity index (χ0) is 13.6. The molecule has 4 nitrogen and oxygen atoms in total. The highest BCUT2D eigenvalue weighted by Gasteiger charge is 2.43. The van der Waals surface area contributed by atoms with Gasteiger partial charge in [0.15, 0.2) is 0 Å². The van der Waals surface area contributed by atoms with E-state index < -0.39 is 10.0 Å². The minimum absolute atomic E-state index is 0.120. The maximum atomic E-state index is 12.4. The van der Waals surface area contributed by atoms with Gasteiger partial charge in [-0.15, -0.1) is 0 Å². The zero-order valence-corrected chi connectivity index (χ0v) is 12.9. The SMILES string of the molecule is Nc1cc(S(=O)(=O)NC(C2CC2)C2CC2)ccc1Br. The Morgan fingerprint density at radius 3 is 2.26 bits per heavy atom. The Kier molecular flexibility index (Phi) is 3.35. The van der Waals surface area contributed by atoms with Crippen molar-refractivity contribution in [2.45, 2.75) is 36.6 Å². The van der Waals surface area contributed by atoms with Crippen LogP contribution in [0.4, 0.5) is 5.69 Å². The Balaban J connectivity index is 1.82. The van der Waals surface area contributed by atoms with Crippen molar-refractivity contribution >= 4 is 31.6 Å². The standard InChI is InChI=1S/C13H17BrN2O2S/c14-11-6-5-10(7-12(11)15)19(17,18)16-13(8-1-2-8)9-3-4-9/h5-9,13,16H,1-4,15H2. The molecule has 0 radical (unpaired) electrons. The molecule has 19 heavy (non-hydrogen) atoms. The van der Waals surface area contributed by atoms with E-state index in [0.29, 0.717) is 22.0 Å². The van der Waals surface area contributed by atoms with Crippen LogP contribution in [0.15, 0.2) is 27.6 Å². The number of hydrogen-bond donors (Lipinski definition) is 2. The summed E-state index contributed by atoms with van der Waals surface area (Å²) >= 11 is 3.27. The van der Waals surface area contributed by atoms with Crippen molar-refractivity contribution in [2.24, 2.45) is 11.8 Å². The minimum atomic E-state index is -3.46. The van der Waals surface area contributed by atoms with Crippen LogP contribution in [0.25, 0.3) is 0 Å². The predicted octanol–water partition coefficient (Wildman–Crippen LogP) is 2.50. The molecule has 2 fully saturated rings. The first-order valence-electron chi connectivity index (χ1n) is 6.55. The van der Waals surface area contributed by atoms with Gasteiger partial charge >= 0.3 is 0 Å². The Morgan fingerprint density at radius 2 is 1.79 bits per heavy atom. The first-order chi connectivity index (χ1) is 8.97. The molecular formula is C13H17BrN2O2S. The molecule has 1 aromatic rings. The van der Waals surface area contributed by atoms with Crippen LogP contribution in [0, 0.1) is 11.8 Å². The van der Waals surface area contributed by atoms with E-state index in [-0.39, 0.29) is 10.9 Å². The largest absolute Gasteiger partial charge is 0.398 e. The van der Waals surface area contributed by atoms with Crippen LogP contribution in [0.3, 0.4) is 0 Å². The molecule has 2 aliphatic rings. The van der Waals surface area contributed by atoms with Crippen LogP contribution in [0.2, 0.25) is 0 Å². The molecule has 0 amide bonds. The molecule has 0 heterocycles. The fraction of sp³-hybridized carbons (Fsp3) is 0.538. The molecule has 0 spiro atoms. The van der Waals surface area contributed by atoms with Crippen molar-refractivity contribution < 1.29 is 8.42 Å². The van der Waals surface area contributed by atoms with E-state index in [0.717, 1.165) is 25.7 Å². The first-order valence-corrected chi connectivity index (χ1v) is 8.82. The zero-order valence-electron chi connectivity index (χ0n) is 10.5. The second-order valence-electron chi connectivity index (χ2n) is 5.51. The van der Waals surface area contributed by atoms with Crippen LogP contribution >= 0.6 is 15.9 Å². The number of nitrogen functional groups attached to an aromatic ring is 1. The van der Waals surface area contributed by atoms with E-state index in [4.69, 9.17) is 5.73 Å². The third-order valence-electron chi connectivity index (χ3n) is 3.83. The van der Waals surface area contributed by atoms with E-state index in [2.05, 4.69) is 20.7 Å². The Hall–Kier alpha value is -0.590. The van der Waals surface area contributed by atoms with Gasteiger partial charge in [0, 0.05) is 16.2 Å². The summed E-state index contributed by atoms with van der Waals surface area (Å²) in [5, 5.41) is 0. The molecule has 2 saturated carbocycles. The Labute approximate surface area is 121 Å². The van der Waals surface area contributed by atoms with Crippen LogP contribution in [-0.4, -0.2) is 14.5 Å². The van der Waals surface area contributed by atoms with Gasteiger partial charge in [-0.3, -0.25) is 0 Å². The van der Waals surface area contributed by atoms with E-state index in [9.17, 15) is 8.42 Å². The lowest BCUT2D eigenvalue weighted by atomic mass is 10.1. The monoisotopic (exact) mass is 344 g/mol. The maximum Gasteiger partial charge on any atom is 0.240 e. The molecule has 1 aromatic carbocycles. The number of rotatable bonds is 5. The summed E-state index contributed by atoms with van der Waals surface area (Å²) in [6.07, 6.45) is 4.58. The van der Waals surface area contributed by atoms with Crippen molar-refractivity contribution in [1.82, 2.24) is 4.72 Å². The van der Waals surface area contributed by atoms with Gasteiger partial charge in [-0.2, -0.15) is 0 Å². The molecule has 104 valence electrons. The molecule has 0 aromatic heterocycles. The lowest BCUT2D eigenvalue weighted by molar-refractivity contribution is 0.471. The average molecular weight is 345 g/mol. The van der Waals surface area contributed by atoms with Gasteiger partial charge in [-0.25, -0.2) is 13.1 Å². The molecule has 0 unspecified atom stereocenters. The van der Waals surface area contributed by atoms with Crippen molar-refractivity contribution in [2.75, 3.05) is 5.73 Å². The summed E-state index contributed by atoms with van der Waals surface area (Å²) in [5.74, 6) is 1.07. The van der Waals surface area contributed by atoms with Crippen molar-refractivity contribution in [3.63, 3.8) is 0 Å². The Bertz CT molecular complexity index is 583. The number of hydrogen-bond acceptors (Lipinski definition) is 3. The van der Waals surface area contributed by atoms with Crippen molar-refractivity contribution in [1.29, 1.82) is 0 Å². The third-order valence-corrected chi connectivity index (χ3v) is 6.01. The fourth-order valence-corrected chi connectivity index (χ4v) is 4.08. The van der Waals surface area contributed by atoms with Crippen LogP contribution in [0.5, 0.6) is 0 Å². The number of anilines is 1. The van der Waals surface area contributed by atoms with Gasteiger partial charge in [0.1, 0.15) is 0 Å². The highest BCUT2D eigenvalue weighted by atomic mass is 79.9. The molecule has 6 heteroatoms. The molecule has 3 rings (SSSR count).